The van der Waals surface area contributed by atoms with Crippen LogP contribution in [0.4, 0.5) is 0 Å². The molecule has 0 amide bonds. The molecule has 0 N–H and O–H groups in total. The second-order valence-corrected chi connectivity index (χ2v) is 4.47. The first kappa shape index (κ1) is 12.9. The van der Waals surface area contributed by atoms with Crippen LogP contribution in [-0.2, 0) is 0 Å². The molecule has 0 aliphatic carbocycles. The summed E-state index contributed by atoms with van der Waals surface area (Å²) in [5.41, 5.74) is 0. The van der Waals surface area contributed by atoms with E-state index in [4.69, 9.17) is 0 Å². The van der Waals surface area contributed by atoms with Crippen molar-refractivity contribution < 1.29 is 0 Å². The monoisotopic (exact) mass is 187 g/mol. The summed E-state index contributed by atoms with van der Waals surface area (Å²) < 4.78 is 0. The molecule has 0 heterocycles. The van der Waals surface area contributed by atoms with Crippen LogP contribution in [0.25, 0.3) is 0 Å². The fourth-order valence-electron chi connectivity index (χ4n) is 1.34. The molecule has 0 fully saturated rings. The zero-order chi connectivity index (χ0) is 10.4. The summed E-state index contributed by atoms with van der Waals surface area (Å²) in [5, 5.41) is 0. The highest BCUT2D eigenvalue weighted by molar-refractivity contribution is 4.69. The summed E-state index contributed by atoms with van der Waals surface area (Å²) in [6.07, 6.45) is 1.23. The van der Waals surface area contributed by atoms with E-state index in [0.717, 1.165) is 13.1 Å². The molecular formula is C10H25N3. The van der Waals surface area contributed by atoms with Gasteiger partial charge in [-0.1, -0.05) is 0 Å². The van der Waals surface area contributed by atoms with Crippen LogP contribution in [0.15, 0.2) is 0 Å². The van der Waals surface area contributed by atoms with Crippen molar-refractivity contribution >= 4 is 0 Å². The van der Waals surface area contributed by atoms with Gasteiger partial charge in [-0.05, 0) is 55.3 Å². The molecule has 3 nitrogen and oxygen atoms in total. The number of rotatable bonds is 6. The Balaban J connectivity index is 3.81. The normalized spacial score (nSPS) is 14.5. The molecule has 0 rings (SSSR count). The minimum atomic E-state index is 0.664. The maximum Gasteiger partial charge on any atom is 0.0229 e. The van der Waals surface area contributed by atoms with Gasteiger partial charge in [0.1, 0.15) is 0 Å². The van der Waals surface area contributed by atoms with Gasteiger partial charge in [0.2, 0.25) is 0 Å². The second-order valence-electron chi connectivity index (χ2n) is 4.47. The molecule has 0 saturated heterocycles. The van der Waals surface area contributed by atoms with Crippen molar-refractivity contribution in [2.24, 2.45) is 0 Å². The first-order valence-corrected chi connectivity index (χ1v) is 4.89. The summed E-state index contributed by atoms with van der Waals surface area (Å²) in [6, 6.07) is 0.664. The van der Waals surface area contributed by atoms with E-state index in [0.29, 0.717) is 6.04 Å². The van der Waals surface area contributed by atoms with E-state index in [2.05, 4.69) is 57.0 Å². The smallest absolute Gasteiger partial charge is 0.0229 e. The first-order valence-electron chi connectivity index (χ1n) is 4.89. The molecule has 13 heavy (non-hydrogen) atoms. The van der Waals surface area contributed by atoms with Crippen LogP contribution in [0.5, 0.6) is 0 Å². The van der Waals surface area contributed by atoms with E-state index in [-0.39, 0.29) is 0 Å². The Hall–Kier alpha value is -0.120. The summed E-state index contributed by atoms with van der Waals surface area (Å²) in [6.45, 7) is 2.30. The lowest BCUT2D eigenvalue weighted by molar-refractivity contribution is 0.202. The zero-order valence-corrected chi connectivity index (χ0v) is 10.0. The van der Waals surface area contributed by atoms with Crippen LogP contribution >= 0.6 is 0 Å². The van der Waals surface area contributed by atoms with E-state index >= 15 is 0 Å². The number of hydrogen-bond donors (Lipinski definition) is 0. The van der Waals surface area contributed by atoms with E-state index in [1.165, 1.54) is 6.42 Å². The molecule has 0 radical (unpaired) electrons. The third-order valence-electron chi connectivity index (χ3n) is 2.22. The van der Waals surface area contributed by atoms with Crippen molar-refractivity contribution in [3.63, 3.8) is 0 Å². The Morgan fingerprint density at radius 3 is 1.69 bits per heavy atom. The highest BCUT2D eigenvalue weighted by Gasteiger charge is 2.11. The van der Waals surface area contributed by atoms with Gasteiger partial charge in [-0.2, -0.15) is 0 Å². The number of nitrogens with zero attached hydrogens (tertiary/aromatic N) is 3. The fraction of sp³-hybridized carbons (Fsp3) is 1.00. The Morgan fingerprint density at radius 2 is 1.38 bits per heavy atom. The molecule has 0 aliphatic rings. The average Bonchev–Trinajstić information content (AvgIpc) is 1.96. The van der Waals surface area contributed by atoms with Gasteiger partial charge in [-0.3, -0.25) is 0 Å². The third-order valence-corrected chi connectivity index (χ3v) is 2.22. The molecule has 0 spiro atoms. The standard InChI is InChI=1S/C10H25N3/c1-11(2)8-7-10(13(5)6)9-12(3)4/h10H,7-9H2,1-6H3. The van der Waals surface area contributed by atoms with Gasteiger partial charge in [-0.15, -0.1) is 0 Å². The topological polar surface area (TPSA) is 9.72 Å². The minimum Gasteiger partial charge on any atom is -0.309 e. The molecule has 0 aromatic heterocycles. The number of likely N-dealkylation sites (N-methyl/N-ethyl adjacent to an activating group) is 2. The number of hydrogen-bond acceptors (Lipinski definition) is 3. The molecule has 1 atom stereocenters. The molecule has 0 saturated carbocycles. The lowest BCUT2D eigenvalue weighted by Crippen LogP contribution is -2.39. The van der Waals surface area contributed by atoms with Crippen molar-refractivity contribution in [2.45, 2.75) is 12.5 Å². The van der Waals surface area contributed by atoms with E-state index in [1.807, 2.05) is 0 Å². The van der Waals surface area contributed by atoms with Crippen molar-refractivity contribution in [2.75, 3.05) is 55.4 Å². The quantitative estimate of drug-likeness (QED) is 0.597. The molecule has 0 aliphatic heterocycles. The molecule has 0 aromatic rings. The lowest BCUT2D eigenvalue weighted by atomic mass is 10.2. The largest absolute Gasteiger partial charge is 0.309 e. The maximum absolute atomic E-state index is 2.31. The summed E-state index contributed by atoms with van der Waals surface area (Å²) in [4.78, 5) is 6.80. The van der Waals surface area contributed by atoms with Crippen LogP contribution in [0, 0.1) is 0 Å². The van der Waals surface area contributed by atoms with E-state index < -0.39 is 0 Å². The second kappa shape index (κ2) is 6.35. The Kier molecular flexibility index (Phi) is 6.29. The van der Waals surface area contributed by atoms with Gasteiger partial charge in [0.25, 0.3) is 0 Å². The fourth-order valence-corrected chi connectivity index (χ4v) is 1.34. The van der Waals surface area contributed by atoms with Gasteiger partial charge in [-0.25, -0.2) is 0 Å². The minimum absolute atomic E-state index is 0.664. The average molecular weight is 187 g/mol. The van der Waals surface area contributed by atoms with Gasteiger partial charge in [0.05, 0.1) is 0 Å². The molecule has 0 bridgehead atoms. The van der Waals surface area contributed by atoms with Crippen molar-refractivity contribution in [1.82, 2.24) is 14.7 Å². The molecular weight excluding hydrogens is 162 g/mol. The van der Waals surface area contributed by atoms with Crippen LogP contribution in [0.2, 0.25) is 0 Å². The molecule has 80 valence electrons. The highest BCUT2D eigenvalue weighted by atomic mass is 15.2. The van der Waals surface area contributed by atoms with Crippen molar-refractivity contribution in [3.8, 4) is 0 Å². The van der Waals surface area contributed by atoms with Gasteiger partial charge >= 0.3 is 0 Å². The van der Waals surface area contributed by atoms with Crippen LogP contribution < -0.4 is 0 Å². The van der Waals surface area contributed by atoms with Gasteiger partial charge < -0.3 is 14.7 Å². The Morgan fingerprint density at radius 1 is 0.846 bits per heavy atom. The van der Waals surface area contributed by atoms with Crippen molar-refractivity contribution in [1.29, 1.82) is 0 Å². The van der Waals surface area contributed by atoms with Crippen LogP contribution in [0.3, 0.4) is 0 Å². The zero-order valence-electron chi connectivity index (χ0n) is 10.0. The van der Waals surface area contributed by atoms with Crippen molar-refractivity contribution in [3.05, 3.63) is 0 Å². The van der Waals surface area contributed by atoms with E-state index in [9.17, 15) is 0 Å². The predicted molar refractivity (Wildman–Crippen MR) is 59.2 cm³/mol. The molecule has 0 aromatic carbocycles. The predicted octanol–water partition coefficient (Wildman–Crippen LogP) is 0.430. The first-order chi connectivity index (χ1) is 5.93. The summed E-state index contributed by atoms with van der Waals surface area (Å²) in [7, 11) is 12.8. The van der Waals surface area contributed by atoms with Gasteiger partial charge in [0, 0.05) is 12.6 Å². The summed E-state index contributed by atoms with van der Waals surface area (Å²) >= 11 is 0. The van der Waals surface area contributed by atoms with Gasteiger partial charge in [0.15, 0.2) is 0 Å². The van der Waals surface area contributed by atoms with Crippen LogP contribution in [0.1, 0.15) is 6.42 Å². The van der Waals surface area contributed by atoms with E-state index in [1.54, 1.807) is 0 Å². The third kappa shape index (κ3) is 6.99. The van der Waals surface area contributed by atoms with Crippen LogP contribution in [-0.4, -0.2) is 76.1 Å². The Labute approximate surface area is 83.3 Å². The highest BCUT2D eigenvalue weighted by Crippen LogP contribution is 2.01. The Bertz CT molecular complexity index is 121. The molecule has 1 unspecified atom stereocenters. The summed E-state index contributed by atoms with van der Waals surface area (Å²) in [5.74, 6) is 0. The SMILES string of the molecule is CN(C)CCC(CN(C)C)N(C)C. The molecule has 3 heteroatoms. The maximum atomic E-state index is 2.31. The lowest BCUT2D eigenvalue weighted by Gasteiger charge is -2.28.